The molecule has 1 heterocycles. The molecule has 2 N–H and O–H groups in total. The minimum atomic E-state index is -0.146. The van der Waals surface area contributed by atoms with Crippen LogP contribution in [0.1, 0.15) is 32.1 Å². The van der Waals surface area contributed by atoms with Crippen molar-refractivity contribution in [1.82, 2.24) is 10.3 Å². The van der Waals surface area contributed by atoms with Crippen LogP contribution in [0.4, 0.5) is 5.13 Å². The summed E-state index contributed by atoms with van der Waals surface area (Å²) < 4.78 is 6.14. The summed E-state index contributed by atoms with van der Waals surface area (Å²) in [5, 5.41) is 6.20. The highest BCUT2D eigenvalue weighted by Gasteiger charge is 2.22. The SMILES string of the molecule is COc1ccc2nc(NC(=O)CCNC(=O)C3CCCC3)sc2c1. The number of hydrogen-bond donors (Lipinski definition) is 2. The fraction of sp³-hybridized carbons (Fsp3) is 0.471. The average Bonchev–Trinajstić information content (AvgIpc) is 3.23. The number of fused-ring (bicyclic) bond motifs is 1. The summed E-state index contributed by atoms with van der Waals surface area (Å²) in [4.78, 5) is 28.3. The molecular formula is C17H21N3O3S. The van der Waals surface area contributed by atoms with Crippen LogP contribution in [0.15, 0.2) is 18.2 Å². The Kier molecular flexibility index (Phi) is 5.30. The summed E-state index contributed by atoms with van der Waals surface area (Å²) in [7, 11) is 1.62. The van der Waals surface area contributed by atoms with Gasteiger partial charge in [-0.2, -0.15) is 0 Å². The summed E-state index contributed by atoms with van der Waals surface area (Å²) in [6.45, 7) is 0.361. The van der Waals surface area contributed by atoms with Gasteiger partial charge in [-0.3, -0.25) is 9.59 Å². The highest BCUT2D eigenvalue weighted by Crippen LogP contribution is 2.29. The van der Waals surface area contributed by atoms with Crippen LogP contribution in [0.3, 0.4) is 0 Å². The molecule has 7 heteroatoms. The van der Waals surface area contributed by atoms with Crippen LogP contribution >= 0.6 is 11.3 Å². The van der Waals surface area contributed by atoms with Crippen molar-refractivity contribution in [3.05, 3.63) is 18.2 Å². The second kappa shape index (κ2) is 7.61. The highest BCUT2D eigenvalue weighted by molar-refractivity contribution is 7.22. The smallest absolute Gasteiger partial charge is 0.227 e. The summed E-state index contributed by atoms with van der Waals surface area (Å²) in [5.41, 5.74) is 0.825. The van der Waals surface area contributed by atoms with Gasteiger partial charge in [0, 0.05) is 18.9 Å². The monoisotopic (exact) mass is 347 g/mol. The summed E-state index contributed by atoms with van der Waals surface area (Å²) >= 11 is 1.40. The third-order valence-corrected chi connectivity index (χ3v) is 5.15. The van der Waals surface area contributed by atoms with Crippen LogP contribution in [0.2, 0.25) is 0 Å². The Morgan fingerprint density at radius 2 is 2.12 bits per heavy atom. The number of methoxy groups -OCH3 is 1. The van der Waals surface area contributed by atoms with Crippen molar-refractivity contribution in [3.63, 3.8) is 0 Å². The van der Waals surface area contributed by atoms with Gasteiger partial charge in [0.1, 0.15) is 5.75 Å². The van der Waals surface area contributed by atoms with E-state index in [1.165, 1.54) is 11.3 Å². The van der Waals surface area contributed by atoms with E-state index in [4.69, 9.17) is 4.74 Å². The van der Waals surface area contributed by atoms with Gasteiger partial charge < -0.3 is 15.4 Å². The van der Waals surface area contributed by atoms with Crippen molar-refractivity contribution in [2.24, 2.45) is 5.92 Å². The van der Waals surface area contributed by atoms with E-state index in [2.05, 4.69) is 15.6 Å². The van der Waals surface area contributed by atoms with Gasteiger partial charge in [-0.25, -0.2) is 4.98 Å². The fourth-order valence-electron chi connectivity index (χ4n) is 2.90. The Morgan fingerprint density at radius 3 is 2.88 bits per heavy atom. The first kappa shape index (κ1) is 16.7. The molecule has 1 saturated carbocycles. The lowest BCUT2D eigenvalue weighted by Crippen LogP contribution is -2.31. The number of ether oxygens (including phenoxy) is 1. The van der Waals surface area contributed by atoms with Crippen molar-refractivity contribution in [2.45, 2.75) is 32.1 Å². The van der Waals surface area contributed by atoms with Gasteiger partial charge in [-0.1, -0.05) is 24.2 Å². The second-order valence-electron chi connectivity index (χ2n) is 5.92. The van der Waals surface area contributed by atoms with Crippen molar-refractivity contribution in [1.29, 1.82) is 0 Å². The van der Waals surface area contributed by atoms with E-state index in [9.17, 15) is 9.59 Å². The number of nitrogens with one attached hydrogen (secondary N) is 2. The molecule has 128 valence electrons. The van der Waals surface area contributed by atoms with Crippen LogP contribution in [-0.2, 0) is 9.59 Å². The molecule has 24 heavy (non-hydrogen) atoms. The lowest BCUT2D eigenvalue weighted by molar-refractivity contribution is -0.124. The Labute approximate surface area is 144 Å². The quantitative estimate of drug-likeness (QED) is 0.842. The summed E-state index contributed by atoms with van der Waals surface area (Å²) in [5.74, 6) is 0.825. The number of carbonyl (C=O) groups excluding carboxylic acids is 2. The van der Waals surface area contributed by atoms with Crippen LogP contribution in [0.5, 0.6) is 5.75 Å². The number of rotatable bonds is 6. The molecule has 2 aromatic rings. The number of nitrogens with zero attached hydrogens (tertiary/aromatic N) is 1. The van der Waals surface area contributed by atoms with E-state index in [0.29, 0.717) is 11.7 Å². The zero-order chi connectivity index (χ0) is 16.9. The second-order valence-corrected chi connectivity index (χ2v) is 6.95. The predicted octanol–water partition coefficient (Wildman–Crippen LogP) is 2.94. The molecule has 1 aromatic carbocycles. The van der Waals surface area contributed by atoms with Gasteiger partial charge in [0.25, 0.3) is 0 Å². The summed E-state index contributed by atoms with van der Waals surface area (Å²) in [6.07, 6.45) is 4.43. The van der Waals surface area contributed by atoms with Crippen LogP contribution in [0.25, 0.3) is 10.2 Å². The molecule has 0 unspecified atom stereocenters. The van der Waals surface area contributed by atoms with E-state index >= 15 is 0 Å². The third-order valence-electron chi connectivity index (χ3n) is 4.22. The average molecular weight is 347 g/mol. The van der Waals surface area contributed by atoms with E-state index < -0.39 is 0 Å². The molecule has 0 aliphatic heterocycles. The predicted molar refractivity (Wildman–Crippen MR) is 94.4 cm³/mol. The number of hydrogen-bond acceptors (Lipinski definition) is 5. The molecule has 0 spiro atoms. The van der Waals surface area contributed by atoms with Crippen molar-refractivity contribution in [3.8, 4) is 5.75 Å². The van der Waals surface area contributed by atoms with Gasteiger partial charge in [0.05, 0.1) is 17.3 Å². The molecule has 1 aliphatic rings. The molecule has 0 saturated heterocycles. The van der Waals surface area contributed by atoms with E-state index in [1.807, 2.05) is 18.2 Å². The molecule has 1 aliphatic carbocycles. The maximum absolute atomic E-state index is 12.0. The maximum Gasteiger partial charge on any atom is 0.227 e. The molecule has 0 radical (unpaired) electrons. The highest BCUT2D eigenvalue weighted by atomic mass is 32.1. The zero-order valence-corrected chi connectivity index (χ0v) is 14.4. The number of benzene rings is 1. The number of aromatic nitrogens is 1. The Bertz CT molecular complexity index is 738. The van der Waals surface area contributed by atoms with Gasteiger partial charge in [-0.15, -0.1) is 0 Å². The Balaban J connectivity index is 1.48. The molecule has 1 aromatic heterocycles. The number of thiazole rings is 1. The summed E-state index contributed by atoms with van der Waals surface area (Å²) in [6, 6.07) is 5.60. The van der Waals surface area contributed by atoms with Gasteiger partial charge in [-0.05, 0) is 31.0 Å². The number of anilines is 1. The zero-order valence-electron chi connectivity index (χ0n) is 13.6. The van der Waals surface area contributed by atoms with Crippen molar-refractivity contribution >= 4 is 38.5 Å². The first-order chi connectivity index (χ1) is 11.7. The Morgan fingerprint density at radius 1 is 1.33 bits per heavy atom. The van der Waals surface area contributed by atoms with Crippen LogP contribution in [0, 0.1) is 5.92 Å². The standard InChI is InChI=1S/C17H21N3O3S/c1-23-12-6-7-13-14(10-12)24-17(19-13)20-15(21)8-9-18-16(22)11-4-2-3-5-11/h6-7,10-11H,2-5,8-9H2,1H3,(H,18,22)(H,19,20,21). The van der Waals surface area contributed by atoms with Crippen molar-refractivity contribution < 1.29 is 14.3 Å². The lowest BCUT2D eigenvalue weighted by atomic mass is 10.1. The molecule has 2 amide bonds. The van der Waals surface area contributed by atoms with Gasteiger partial charge in [0.15, 0.2) is 5.13 Å². The number of carbonyl (C=O) groups is 2. The van der Waals surface area contributed by atoms with Crippen molar-refractivity contribution in [2.75, 3.05) is 19.0 Å². The largest absolute Gasteiger partial charge is 0.497 e. The van der Waals surface area contributed by atoms with Crippen LogP contribution in [-0.4, -0.2) is 30.5 Å². The molecule has 6 nitrogen and oxygen atoms in total. The normalized spacial score (nSPS) is 14.7. The first-order valence-corrected chi connectivity index (χ1v) is 8.99. The van der Waals surface area contributed by atoms with Gasteiger partial charge >= 0.3 is 0 Å². The van der Waals surface area contributed by atoms with E-state index in [-0.39, 0.29) is 24.2 Å². The Hall–Kier alpha value is -2.15. The maximum atomic E-state index is 12.0. The number of amides is 2. The third kappa shape index (κ3) is 4.03. The molecule has 0 bridgehead atoms. The lowest BCUT2D eigenvalue weighted by Gasteiger charge is -2.09. The minimum absolute atomic E-state index is 0.0763. The minimum Gasteiger partial charge on any atom is -0.497 e. The first-order valence-electron chi connectivity index (χ1n) is 8.18. The topological polar surface area (TPSA) is 80.3 Å². The van der Waals surface area contributed by atoms with E-state index in [0.717, 1.165) is 41.6 Å². The van der Waals surface area contributed by atoms with Crippen LogP contribution < -0.4 is 15.4 Å². The molecule has 0 atom stereocenters. The van der Waals surface area contributed by atoms with Gasteiger partial charge in [0.2, 0.25) is 11.8 Å². The molecular weight excluding hydrogens is 326 g/mol. The fourth-order valence-corrected chi connectivity index (χ4v) is 3.81. The van der Waals surface area contributed by atoms with E-state index in [1.54, 1.807) is 7.11 Å². The molecule has 3 rings (SSSR count). The molecule has 1 fully saturated rings.